The lowest BCUT2D eigenvalue weighted by atomic mass is 9.88. The van der Waals surface area contributed by atoms with Crippen molar-refractivity contribution in [2.45, 2.75) is 37.4 Å². The van der Waals surface area contributed by atoms with E-state index in [1.54, 1.807) is 7.11 Å². The van der Waals surface area contributed by atoms with Crippen LogP contribution in [-0.4, -0.2) is 39.6 Å². The van der Waals surface area contributed by atoms with E-state index in [9.17, 15) is 4.79 Å². The van der Waals surface area contributed by atoms with Crippen LogP contribution in [-0.2, 0) is 17.6 Å². The molecule has 0 spiro atoms. The normalized spacial score (nSPS) is 15.6. The number of fused-ring (bicyclic) bond motifs is 1. The minimum absolute atomic E-state index is 0.0290. The maximum absolute atomic E-state index is 12.5. The number of carbonyl (C=O) groups excluding carboxylic acids is 1. The Balaban J connectivity index is 1.37. The van der Waals surface area contributed by atoms with Crippen LogP contribution in [0.2, 0.25) is 0 Å². The van der Waals surface area contributed by atoms with Gasteiger partial charge in [-0.15, -0.1) is 10.2 Å². The Hall–Kier alpha value is -2.80. The summed E-state index contributed by atoms with van der Waals surface area (Å²) in [6.45, 7) is 1.90. The number of aryl methyl sites for hydroxylation is 2. The minimum Gasteiger partial charge on any atom is -0.497 e. The van der Waals surface area contributed by atoms with Gasteiger partial charge >= 0.3 is 0 Å². The lowest BCUT2D eigenvalue weighted by molar-refractivity contribution is -0.119. The summed E-state index contributed by atoms with van der Waals surface area (Å²) in [7, 11) is 1.64. The molecule has 29 heavy (non-hydrogen) atoms. The van der Waals surface area contributed by atoms with E-state index in [0.29, 0.717) is 10.9 Å². The molecule has 0 fully saturated rings. The topological polar surface area (TPSA) is 69.0 Å². The largest absolute Gasteiger partial charge is 0.497 e. The van der Waals surface area contributed by atoms with Gasteiger partial charge in [0.2, 0.25) is 5.91 Å². The molecule has 2 aromatic carbocycles. The number of hydrogen-bond donors (Lipinski definition) is 1. The highest BCUT2D eigenvalue weighted by molar-refractivity contribution is 7.99. The van der Waals surface area contributed by atoms with E-state index in [2.05, 4.69) is 39.8 Å². The van der Waals surface area contributed by atoms with Crippen LogP contribution in [0.25, 0.3) is 5.69 Å². The lowest BCUT2D eigenvalue weighted by Crippen LogP contribution is -2.39. The Morgan fingerprint density at radius 1 is 1.17 bits per heavy atom. The maximum Gasteiger partial charge on any atom is 0.230 e. The number of nitrogens with zero attached hydrogens (tertiary/aromatic N) is 3. The molecule has 0 aliphatic heterocycles. The van der Waals surface area contributed by atoms with Crippen LogP contribution in [0, 0.1) is 6.92 Å². The average molecular weight is 409 g/mol. The van der Waals surface area contributed by atoms with Crippen molar-refractivity contribution in [2.75, 3.05) is 12.9 Å². The molecule has 1 amide bonds. The Bertz CT molecular complexity index is 1000. The molecule has 1 N–H and O–H groups in total. The predicted octanol–water partition coefficient (Wildman–Crippen LogP) is 3.35. The standard InChI is InChI=1S/C22H24N4O2S/c1-15-24-25-22(26(15)19-9-11-20(28-2)12-10-19)29-14-21(27)23-18-8-7-16-5-3-4-6-17(16)13-18/h3-6,9-12,18H,7-8,13-14H2,1-2H3,(H,23,27). The number of thioether (sulfide) groups is 1. The van der Waals surface area contributed by atoms with Crippen molar-refractivity contribution in [3.8, 4) is 11.4 Å². The summed E-state index contributed by atoms with van der Waals surface area (Å²) in [6, 6.07) is 16.4. The quantitative estimate of drug-likeness (QED) is 0.634. The van der Waals surface area contributed by atoms with Crippen LogP contribution in [0.4, 0.5) is 0 Å². The number of aromatic nitrogens is 3. The van der Waals surface area contributed by atoms with Crippen LogP contribution in [0.1, 0.15) is 23.4 Å². The van der Waals surface area contributed by atoms with Gasteiger partial charge in [-0.3, -0.25) is 9.36 Å². The minimum atomic E-state index is 0.0290. The summed E-state index contributed by atoms with van der Waals surface area (Å²) in [4.78, 5) is 12.5. The van der Waals surface area contributed by atoms with Crippen LogP contribution in [0.15, 0.2) is 53.7 Å². The zero-order valence-electron chi connectivity index (χ0n) is 16.6. The molecule has 3 aromatic rings. The smallest absolute Gasteiger partial charge is 0.230 e. The van der Waals surface area contributed by atoms with Crippen molar-refractivity contribution in [3.63, 3.8) is 0 Å². The summed E-state index contributed by atoms with van der Waals surface area (Å²) in [6.07, 6.45) is 2.89. The Morgan fingerprint density at radius 3 is 2.69 bits per heavy atom. The monoisotopic (exact) mass is 408 g/mol. The van der Waals surface area contributed by atoms with Crippen molar-refractivity contribution in [3.05, 3.63) is 65.5 Å². The molecule has 0 saturated heterocycles. The van der Waals surface area contributed by atoms with Gasteiger partial charge < -0.3 is 10.1 Å². The second-order valence-corrected chi connectivity index (χ2v) is 8.07. The van der Waals surface area contributed by atoms with Gasteiger partial charge in [-0.25, -0.2) is 0 Å². The maximum atomic E-state index is 12.5. The van der Waals surface area contributed by atoms with E-state index in [-0.39, 0.29) is 11.9 Å². The Labute approximate surface area is 174 Å². The number of benzene rings is 2. The number of nitrogens with one attached hydrogen (secondary N) is 1. The molecule has 1 aliphatic carbocycles. The fourth-order valence-corrected chi connectivity index (χ4v) is 4.49. The van der Waals surface area contributed by atoms with Gasteiger partial charge in [0.25, 0.3) is 0 Å². The Morgan fingerprint density at radius 2 is 1.93 bits per heavy atom. The fourth-order valence-electron chi connectivity index (χ4n) is 3.69. The molecule has 1 aromatic heterocycles. The van der Waals surface area contributed by atoms with E-state index in [1.165, 1.54) is 22.9 Å². The van der Waals surface area contributed by atoms with Gasteiger partial charge in [0.1, 0.15) is 11.6 Å². The molecule has 4 rings (SSSR count). The predicted molar refractivity (Wildman–Crippen MR) is 114 cm³/mol. The molecule has 0 saturated carbocycles. The van der Waals surface area contributed by atoms with Crippen LogP contribution < -0.4 is 10.1 Å². The number of amides is 1. The van der Waals surface area contributed by atoms with E-state index in [0.717, 1.165) is 36.5 Å². The highest BCUT2D eigenvalue weighted by Gasteiger charge is 2.20. The molecule has 150 valence electrons. The number of methoxy groups -OCH3 is 1. The van der Waals surface area contributed by atoms with Crippen molar-refractivity contribution >= 4 is 17.7 Å². The Kier molecular flexibility index (Phi) is 5.85. The van der Waals surface area contributed by atoms with Gasteiger partial charge in [0.05, 0.1) is 12.9 Å². The van der Waals surface area contributed by atoms with Crippen molar-refractivity contribution < 1.29 is 9.53 Å². The first-order valence-electron chi connectivity index (χ1n) is 9.69. The van der Waals surface area contributed by atoms with Gasteiger partial charge in [-0.05, 0) is 61.6 Å². The summed E-state index contributed by atoms with van der Waals surface area (Å²) in [5.74, 6) is 1.91. The van der Waals surface area contributed by atoms with E-state index in [4.69, 9.17) is 4.74 Å². The molecule has 1 unspecified atom stereocenters. The summed E-state index contributed by atoms with van der Waals surface area (Å²) in [5.41, 5.74) is 3.68. The third-order valence-electron chi connectivity index (χ3n) is 5.17. The SMILES string of the molecule is COc1ccc(-n2c(C)nnc2SCC(=O)NC2CCc3ccccc3C2)cc1. The average Bonchev–Trinajstić information content (AvgIpc) is 3.12. The highest BCUT2D eigenvalue weighted by atomic mass is 32.2. The van der Waals surface area contributed by atoms with Crippen molar-refractivity contribution in [1.29, 1.82) is 0 Å². The van der Waals surface area contributed by atoms with Gasteiger partial charge in [0, 0.05) is 11.7 Å². The molecular formula is C22H24N4O2S. The highest BCUT2D eigenvalue weighted by Crippen LogP contribution is 2.24. The molecule has 7 heteroatoms. The van der Waals surface area contributed by atoms with Crippen molar-refractivity contribution in [2.24, 2.45) is 0 Å². The van der Waals surface area contributed by atoms with Gasteiger partial charge in [-0.1, -0.05) is 36.0 Å². The third-order valence-corrected chi connectivity index (χ3v) is 6.10. The van der Waals surface area contributed by atoms with E-state index < -0.39 is 0 Å². The lowest BCUT2D eigenvalue weighted by Gasteiger charge is -2.25. The first kappa shape index (κ1) is 19.5. The molecule has 0 radical (unpaired) electrons. The molecule has 0 bridgehead atoms. The van der Waals surface area contributed by atoms with Crippen LogP contribution in [0.5, 0.6) is 5.75 Å². The molecule has 1 heterocycles. The second-order valence-electron chi connectivity index (χ2n) is 7.13. The summed E-state index contributed by atoms with van der Waals surface area (Å²) >= 11 is 1.40. The summed E-state index contributed by atoms with van der Waals surface area (Å²) < 4.78 is 7.17. The van der Waals surface area contributed by atoms with Gasteiger partial charge in [0.15, 0.2) is 5.16 Å². The number of carbonyl (C=O) groups is 1. The van der Waals surface area contributed by atoms with Crippen LogP contribution in [0.3, 0.4) is 0 Å². The molecule has 1 aliphatic rings. The second kappa shape index (κ2) is 8.69. The van der Waals surface area contributed by atoms with Crippen LogP contribution >= 0.6 is 11.8 Å². The third kappa shape index (κ3) is 4.45. The first-order chi connectivity index (χ1) is 14.1. The summed E-state index contributed by atoms with van der Waals surface area (Å²) in [5, 5.41) is 12.3. The van der Waals surface area contributed by atoms with Crippen molar-refractivity contribution in [1.82, 2.24) is 20.1 Å². The fraction of sp³-hybridized carbons (Fsp3) is 0.318. The first-order valence-corrected chi connectivity index (χ1v) is 10.7. The zero-order valence-corrected chi connectivity index (χ0v) is 17.4. The molecule has 6 nitrogen and oxygen atoms in total. The van der Waals surface area contributed by atoms with Gasteiger partial charge in [-0.2, -0.15) is 0 Å². The van der Waals surface area contributed by atoms with E-state index in [1.807, 2.05) is 35.8 Å². The molecular weight excluding hydrogens is 384 g/mol. The zero-order chi connectivity index (χ0) is 20.2. The number of hydrogen-bond acceptors (Lipinski definition) is 5. The van der Waals surface area contributed by atoms with E-state index >= 15 is 0 Å². The number of ether oxygens (including phenoxy) is 1. The number of rotatable bonds is 6. The molecule has 1 atom stereocenters.